The molecule has 0 aliphatic rings. The summed E-state index contributed by atoms with van der Waals surface area (Å²) in [7, 11) is 0. The second-order valence-electron chi connectivity index (χ2n) is 5.75. The maximum absolute atomic E-state index is 11.7. The summed E-state index contributed by atoms with van der Waals surface area (Å²) in [6, 6.07) is 7.60. The highest BCUT2D eigenvalue weighted by Crippen LogP contribution is 2.30. The van der Waals surface area contributed by atoms with Gasteiger partial charge in [-0.2, -0.15) is 10.4 Å². The Bertz CT molecular complexity index is 786. The fourth-order valence-electron chi connectivity index (χ4n) is 2.88. The van der Waals surface area contributed by atoms with Gasteiger partial charge in [0.2, 0.25) is 5.82 Å². The fourth-order valence-corrected chi connectivity index (χ4v) is 2.88. The summed E-state index contributed by atoms with van der Waals surface area (Å²) >= 11 is 0. The molecule has 1 aromatic carbocycles. The van der Waals surface area contributed by atoms with Crippen molar-refractivity contribution in [3.8, 4) is 11.4 Å². The van der Waals surface area contributed by atoms with Crippen LogP contribution in [-0.4, -0.2) is 52.3 Å². The number of nitrogens with zero attached hydrogens (tertiary/aromatic N) is 6. The molecule has 0 amide bonds. The third kappa shape index (κ3) is 3.84. The van der Waals surface area contributed by atoms with Crippen molar-refractivity contribution >= 4 is 5.97 Å². The minimum absolute atomic E-state index is 0.354. The number of nitrogens with one attached hydrogen (secondary N) is 2. The van der Waals surface area contributed by atoms with Crippen molar-refractivity contribution in [3.63, 3.8) is 0 Å². The van der Waals surface area contributed by atoms with Gasteiger partial charge in [-0.25, -0.2) is 0 Å². The zero-order valence-electron chi connectivity index (χ0n) is 13.6. The van der Waals surface area contributed by atoms with Crippen LogP contribution in [0.1, 0.15) is 37.1 Å². The molecule has 1 unspecified atom stereocenters. The second kappa shape index (κ2) is 7.60. The first-order valence-corrected chi connectivity index (χ1v) is 7.98. The number of carboxylic acid groups (broad SMARTS) is 1. The Kier molecular flexibility index (Phi) is 5.07. The van der Waals surface area contributed by atoms with E-state index in [1.54, 1.807) is 0 Å². The molecule has 10 nitrogen and oxygen atoms in total. The Hall–Kier alpha value is -3.17. The quantitative estimate of drug-likeness (QED) is 0.553. The molecule has 0 radical (unpaired) electrons. The molecule has 130 valence electrons. The number of aromatic nitrogens is 8. The number of hydrogen-bond donors (Lipinski definition) is 3. The molecule has 0 saturated carbocycles. The molecule has 2 aromatic heterocycles. The highest BCUT2D eigenvalue weighted by Gasteiger charge is 2.31. The topological polar surface area (TPSA) is 146 Å². The van der Waals surface area contributed by atoms with E-state index in [0.717, 1.165) is 17.5 Å². The Labute approximate surface area is 143 Å². The van der Waals surface area contributed by atoms with Gasteiger partial charge >= 0.3 is 5.97 Å². The highest BCUT2D eigenvalue weighted by molar-refractivity contribution is 5.71. The molecule has 10 heteroatoms. The van der Waals surface area contributed by atoms with Crippen LogP contribution in [0, 0.1) is 5.92 Å². The van der Waals surface area contributed by atoms with E-state index in [-0.39, 0.29) is 5.92 Å². The summed E-state index contributed by atoms with van der Waals surface area (Å²) in [5.74, 6) is -0.842. The first kappa shape index (κ1) is 16.7. The summed E-state index contributed by atoms with van der Waals surface area (Å²) in [4.78, 5) is 11.7. The predicted molar refractivity (Wildman–Crippen MR) is 86.3 cm³/mol. The van der Waals surface area contributed by atoms with Crippen LogP contribution in [0.15, 0.2) is 24.3 Å². The first-order chi connectivity index (χ1) is 12.2. The van der Waals surface area contributed by atoms with Crippen LogP contribution in [0.3, 0.4) is 0 Å². The zero-order chi connectivity index (χ0) is 17.6. The predicted octanol–water partition coefficient (Wildman–Crippen LogP) is 1.21. The minimum atomic E-state index is -0.847. The minimum Gasteiger partial charge on any atom is -0.481 e. The molecular weight excluding hydrogens is 324 g/mol. The van der Waals surface area contributed by atoms with Gasteiger partial charge < -0.3 is 5.11 Å². The average Bonchev–Trinajstić information content (AvgIpc) is 3.31. The third-order valence-electron chi connectivity index (χ3n) is 4.11. The number of benzene rings is 1. The van der Waals surface area contributed by atoms with Crippen LogP contribution in [0.5, 0.6) is 0 Å². The normalized spacial score (nSPS) is 13.5. The molecule has 0 bridgehead atoms. The zero-order valence-corrected chi connectivity index (χ0v) is 13.6. The lowest BCUT2D eigenvalue weighted by Gasteiger charge is -2.21. The van der Waals surface area contributed by atoms with E-state index in [9.17, 15) is 9.90 Å². The maximum atomic E-state index is 11.7. The highest BCUT2D eigenvalue weighted by atomic mass is 16.4. The number of hydrogen-bond acceptors (Lipinski definition) is 7. The van der Waals surface area contributed by atoms with Crippen molar-refractivity contribution < 1.29 is 9.90 Å². The number of H-pyrrole nitrogens is 2. The van der Waals surface area contributed by atoms with Crippen LogP contribution >= 0.6 is 0 Å². The van der Waals surface area contributed by atoms with Crippen LogP contribution < -0.4 is 0 Å². The standard InChI is InChI=1S/C15H18N8O2/c1-2-3-11(15(24)25)12(14-18-22-23-19-14)8-9-4-6-10(7-5-9)13-16-20-21-17-13/h4-7,11-12H,2-3,8H2,1H3,(H,24,25)(H,16,17,20,21)(H,18,19,22,23)/t11?,12-/m0/s1. The van der Waals surface area contributed by atoms with Gasteiger partial charge in [0.05, 0.1) is 5.92 Å². The molecule has 3 aromatic rings. The average molecular weight is 342 g/mol. The van der Waals surface area contributed by atoms with E-state index in [0.29, 0.717) is 24.5 Å². The van der Waals surface area contributed by atoms with Crippen LogP contribution in [0.2, 0.25) is 0 Å². The van der Waals surface area contributed by atoms with Gasteiger partial charge in [-0.3, -0.25) is 4.79 Å². The maximum Gasteiger partial charge on any atom is 0.307 e. The Morgan fingerprint density at radius 3 is 2.40 bits per heavy atom. The van der Waals surface area contributed by atoms with Crippen molar-refractivity contribution in [1.29, 1.82) is 0 Å². The van der Waals surface area contributed by atoms with Crippen molar-refractivity contribution in [2.24, 2.45) is 5.92 Å². The van der Waals surface area contributed by atoms with Crippen molar-refractivity contribution in [1.82, 2.24) is 41.2 Å². The smallest absolute Gasteiger partial charge is 0.307 e. The number of aromatic amines is 2. The second-order valence-corrected chi connectivity index (χ2v) is 5.75. The van der Waals surface area contributed by atoms with E-state index < -0.39 is 11.9 Å². The Morgan fingerprint density at radius 2 is 1.84 bits per heavy atom. The van der Waals surface area contributed by atoms with Gasteiger partial charge in [0.15, 0.2) is 5.82 Å². The molecule has 0 aliphatic carbocycles. The van der Waals surface area contributed by atoms with Gasteiger partial charge in [-0.1, -0.05) is 42.8 Å². The third-order valence-corrected chi connectivity index (χ3v) is 4.11. The van der Waals surface area contributed by atoms with Crippen LogP contribution in [-0.2, 0) is 11.2 Å². The number of carboxylic acids is 1. The number of tetrazole rings is 2. The lowest BCUT2D eigenvalue weighted by atomic mass is 9.83. The van der Waals surface area contributed by atoms with E-state index in [4.69, 9.17) is 0 Å². The van der Waals surface area contributed by atoms with Crippen molar-refractivity contribution in [3.05, 3.63) is 35.7 Å². The first-order valence-electron chi connectivity index (χ1n) is 7.98. The Morgan fingerprint density at radius 1 is 1.12 bits per heavy atom. The van der Waals surface area contributed by atoms with E-state index in [2.05, 4.69) is 41.2 Å². The summed E-state index contributed by atoms with van der Waals surface area (Å²) < 4.78 is 0. The van der Waals surface area contributed by atoms with E-state index in [1.165, 1.54) is 0 Å². The van der Waals surface area contributed by atoms with Crippen LogP contribution in [0.25, 0.3) is 11.4 Å². The number of rotatable bonds is 8. The molecule has 3 rings (SSSR count). The summed E-state index contributed by atoms with van der Waals surface area (Å²) in [6.07, 6.45) is 1.82. The van der Waals surface area contributed by atoms with Gasteiger partial charge in [0.1, 0.15) is 0 Å². The summed E-state index contributed by atoms with van der Waals surface area (Å²) in [5, 5.41) is 37.4. The van der Waals surface area contributed by atoms with Gasteiger partial charge in [0.25, 0.3) is 0 Å². The number of aliphatic carboxylic acids is 1. The van der Waals surface area contributed by atoms with Gasteiger partial charge in [0, 0.05) is 11.5 Å². The molecule has 3 N–H and O–H groups in total. The van der Waals surface area contributed by atoms with Crippen LogP contribution in [0.4, 0.5) is 0 Å². The molecule has 0 saturated heterocycles. The summed E-state index contributed by atoms with van der Waals surface area (Å²) in [6.45, 7) is 1.96. The monoisotopic (exact) mass is 342 g/mol. The van der Waals surface area contributed by atoms with Crippen molar-refractivity contribution in [2.45, 2.75) is 32.1 Å². The summed E-state index contributed by atoms with van der Waals surface area (Å²) in [5.41, 5.74) is 1.81. The molecule has 0 spiro atoms. The van der Waals surface area contributed by atoms with Gasteiger partial charge in [-0.15, -0.1) is 20.4 Å². The molecule has 2 heterocycles. The van der Waals surface area contributed by atoms with E-state index >= 15 is 0 Å². The van der Waals surface area contributed by atoms with Gasteiger partial charge in [-0.05, 0) is 23.6 Å². The molecule has 25 heavy (non-hydrogen) atoms. The van der Waals surface area contributed by atoms with E-state index in [1.807, 2.05) is 31.2 Å². The largest absolute Gasteiger partial charge is 0.481 e. The number of carbonyl (C=O) groups is 1. The molecule has 0 aliphatic heterocycles. The van der Waals surface area contributed by atoms with Crippen molar-refractivity contribution in [2.75, 3.05) is 0 Å². The lowest BCUT2D eigenvalue weighted by molar-refractivity contribution is -0.142. The molecular formula is C15H18N8O2. The lowest BCUT2D eigenvalue weighted by Crippen LogP contribution is -2.25. The Balaban J connectivity index is 1.83. The molecule has 2 atom stereocenters. The SMILES string of the molecule is CCCC(C(=O)O)[C@H](Cc1ccc(-c2nn[nH]n2)cc1)c1nn[nH]n1. The molecule has 0 fully saturated rings. The fraction of sp³-hybridized carbons (Fsp3) is 0.400.